The second-order valence-electron chi connectivity index (χ2n) is 2.87. The van der Waals surface area contributed by atoms with Gasteiger partial charge in [0.15, 0.2) is 0 Å². The van der Waals surface area contributed by atoms with Crippen LogP contribution in [-0.2, 0) is 4.74 Å². The lowest BCUT2D eigenvalue weighted by molar-refractivity contribution is -0.385. The lowest BCUT2D eigenvalue weighted by Crippen LogP contribution is -2.06. The van der Waals surface area contributed by atoms with Gasteiger partial charge in [0.25, 0.3) is 5.69 Å². The topological polar surface area (TPSA) is 69.4 Å². The van der Waals surface area contributed by atoms with Crippen molar-refractivity contribution < 1.29 is 14.5 Å². The molecule has 0 saturated carbocycles. The van der Waals surface area contributed by atoms with Gasteiger partial charge in [-0.25, -0.2) is 4.79 Å². The van der Waals surface area contributed by atoms with Crippen LogP contribution in [-0.4, -0.2) is 18.0 Å². The van der Waals surface area contributed by atoms with Crippen LogP contribution >= 0.6 is 22.6 Å². The maximum Gasteiger partial charge on any atom is 0.344 e. The minimum atomic E-state index is -0.695. The molecular weight excluding hydrogens is 313 g/mol. The number of esters is 1. The molecule has 0 heterocycles. The van der Waals surface area contributed by atoms with Crippen molar-refractivity contribution in [2.75, 3.05) is 7.11 Å². The Labute approximate surface area is 99.7 Å². The van der Waals surface area contributed by atoms with Gasteiger partial charge in [-0.3, -0.25) is 10.1 Å². The molecule has 0 unspecified atom stereocenters. The number of carbonyl (C=O) groups excluding carboxylic acids is 1. The molecule has 0 amide bonds. The highest BCUT2D eigenvalue weighted by Gasteiger charge is 2.22. The Hall–Kier alpha value is -1.18. The zero-order chi connectivity index (χ0) is 11.6. The summed E-state index contributed by atoms with van der Waals surface area (Å²) in [4.78, 5) is 21.4. The molecule has 0 aliphatic heterocycles. The Balaban J connectivity index is 3.41. The van der Waals surface area contributed by atoms with Crippen LogP contribution in [0.1, 0.15) is 15.9 Å². The van der Waals surface area contributed by atoms with Crippen LogP contribution in [0.4, 0.5) is 5.69 Å². The highest BCUT2D eigenvalue weighted by Crippen LogP contribution is 2.24. The van der Waals surface area contributed by atoms with Crippen LogP contribution in [0.15, 0.2) is 12.1 Å². The van der Waals surface area contributed by atoms with Crippen molar-refractivity contribution in [3.8, 4) is 0 Å². The van der Waals surface area contributed by atoms with Crippen LogP contribution in [0.25, 0.3) is 0 Å². The number of nitrogens with zero attached hydrogens (tertiary/aromatic N) is 1. The van der Waals surface area contributed by atoms with E-state index in [0.717, 1.165) is 9.13 Å². The molecule has 0 N–H and O–H groups in total. The minimum Gasteiger partial charge on any atom is -0.465 e. The molecule has 6 heteroatoms. The predicted octanol–water partition coefficient (Wildman–Crippen LogP) is 2.29. The number of carbonyl (C=O) groups is 1. The molecular formula is C9H8INO4. The van der Waals surface area contributed by atoms with Gasteiger partial charge >= 0.3 is 5.97 Å². The van der Waals surface area contributed by atoms with E-state index in [0.29, 0.717) is 0 Å². The molecule has 0 aliphatic rings. The normalized spacial score (nSPS) is 9.80. The standard InChI is InChI=1S/C9H8INO4/c1-5-3-8(11(13)14)6(4-7(5)10)9(12)15-2/h3-4H,1-2H3. The molecule has 0 saturated heterocycles. The fourth-order valence-corrected chi connectivity index (χ4v) is 1.56. The van der Waals surface area contributed by atoms with Crippen LogP contribution in [0.2, 0.25) is 0 Å². The predicted molar refractivity (Wildman–Crippen MR) is 61.9 cm³/mol. The van der Waals surface area contributed by atoms with Crippen molar-refractivity contribution >= 4 is 34.2 Å². The van der Waals surface area contributed by atoms with Gasteiger partial charge in [-0.2, -0.15) is 0 Å². The number of rotatable bonds is 2. The molecule has 0 spiro atoms. The first-order chi connectivity index (χ1) is 6.97. The molecule has 0 atom stereocenters. The number of nitro groups is 1. The maximum absolute atomic E-state index is 11.3. The molecule has 0 bridgehead atoms. The van der Waals surface area contributed by atoms with E-state index in [1.165, 1.54) is 19.2 Å². The number of methoxy groups -OCH3 is 1. The maximum atomic E-state index is 11.3. The molecule has 1 rings (SSSR count). The highest BCUT2D eigenvalue weighted by molar-refractivity contribution is 14.1. The summed E-state index contributed by atoms with van der Waals surface area (Å²) < 4.78 is 5.27. The van der Waals surface area contributed by atoms with E-state index in [1.807, 2.05) is 22.6 Å². The average Bonchev–Trinajstić information content (AvgIpc) is 2.20. The second kappa shape index (κ2) is 4.56. The molecule has 0 aromatic heterocycles. The summed E-state index contributed by atoms with van der Waals surface area (Å²) in [6.45, 7) is 1.75. The first kappa shape index (κ1) is 11.9. The zero-order valence-corrected chi connectivity index (χ0v) is 10.3. The van der Waals surface area contributed by atoms with Gasteiger partial charge in [0, 0.05) is 9.64 Å². The van der Waals surface area contributed by atoms with Crippen molar-refractivity contribution in [1.82, 2.24) is 0 Å². The molecule has 1 aromatic carbocycles. The summed E-state index contributed by atoms with van der Waals surface area (Å²) in [5.74, 6) is -0.695. The third kappa shape index (κ3) is 2.44. The summed E-state index contributed by atoms with van der Waals surface area (Å²) in [7, 11) is 1.19. The van der Waals surface area contributed by atoms with E-state index in [2.05, 4.69) is 4.74 Å². The lowest BCUT2D eigenvalue weighted by atomic mass is 10.1. The minimum absolute atomic E-state index is 0.0162. The monoisotopic (exact) mass is 321 g/mol. The van der Waals surface area contributed by atoms with E-state index in [1.54, 1.807) is 6.92 Å². The molecule has 1 aromatic rings. The zero-order valence-electron chi connectivity index (χ0n) is 8.11. The van der Waals surface area contributed by atoms with E-state index < -0.39 is 10.9 Å². The average molecular weight is 321 g/mol. The van der Waals surface area contributed by atoms with E-state index in [9.17, 15) is 14.9 Å². The Bertz CT molecular complexity index is 430. The number of benzene rings is 1. The molecule has 0 fully saturated rings. The van der Waals surface area contributed by atoms with Crippen LogP contribution < -0.4 is 0 Å². The summed E-state index contributed by atoms with van der Waals surface area (Å²) in [6, 6.07) is 2.83. The number of hydrogen-bond donors (Lipinski definition) is 0. The number of ether oxygens (including phenoxy) is 1. The van der Waals surface area contributed by atoms with E-state index in [4.69, 9.17) is 0 Å². The molecule has 0 aliphatic carbocycles. The summed E-state index contributed by atoms with van der Waals surface area (Å²) in [6.07, 6.45) is 0. The largest absolute Gasteiger partial charge is 0.465 e. The number of aryl methyl sites for hydroxylation is 1. The van der Waals surface area contributed by atoms with E-state index in [-0.39, 0.29) is 11.3 Å². The number of nitro benzene ring substituents is 1. The van der Waals surface area contributed by atoms with Crippen molar-refractivity contribution in [2.45, 2.75) is 6.92 Å². The quantitative estimate of drug-likeness (QED) is 0.363. The van der Waals surface area contributed by atoms with Crippen molar-refractivity contribution in [3.63, 3.8) is 0 Å². The second-order valence-corrected chi connectivity index (χ2v) is 4.03. The summed E-state index contributed by atoms with van der Waals surface area (Å²) in [5.41, 5.74) is 0.521. The molecule has 15 heavy (non-hydrogen) atoms. The van der Waals surface area contributed by atoms with Crippen molar-refractivity contribution in [2.24, 2.45) is 0 Å². The number of hydrogen-bond acceptors (Lipinski definition) is 4. The molecule has 5 nitrogen and oxygen atoms in total. The lowest BCUT2D eigenvalue weighted by Gasteiger charge is -2.04. The molecule has 0 radical (unpaired) electrons. The molecule has 80 valence electrons. The van der Waals surface area contributed by atoms with Crippen LogP contribution in [0, 0.1) is 20.6 Å². The first-order valence-electron chi connectivity index (χ1n) is 4.00. The SMILES string of the molecule is COC(=O)c1cc(I)c(C)cc1[N+](=O)[O-]. The Morgan fingerprint density at radius 1 is 1.53 bits per heavy atom. The van der Waals surface area contributed by atoms with Gasteiger partial charge in [0.1, 0.15) is 5.56 Å². The summed E-state index contributed by atoms with van der Waals surface area (Å²) >= 11 is 2.01. The summed E-state index contributed by atoms with van der Waals surface area (Å²) in [5, 5.41) is 10.7. The highest BCUT2D eigenvalue weighted by atomic mass is 127. The Morgan fingerprint density at radius 2 is 2.13 bits per heavy atom. The van der Waals surface area contributed by atoms with Crippen LogP contribution in [0.5, 0.6) is 0 Å². The number of halogens is 1. The van der Waals surface area contributed by atoms with Crippen molar-refractivity contribution in [3.05, 3.63) is 36.9 Å². The third-order valence-electron chi connectivity index (χ3n) is 1.88. The van der Waals surface area contributed by atoms with Crippen molar-refractivity contribution in [1.29, 1.82) is 0 Å². The van der Waals surface area contributed by atoms with E-state index >= 15 is 0 Å². The smallest absolute Gasteiger partial charge is 0.344 e. The van der Waals surface area contributed by atoms with Gasteiger partial charge in [0.2, 0.25) is 0 Å². The van der Waals surface area contributed by atoms with Gasteiger partial charge in [0.05, 0.1) is 12.0 Å². The van der Waals surface area contributed by atoms with Gasteiger partial charge in [-0.05, 0) is 41.1 Å². The fourth-order valence-electron chi connectivity index (χ4n) is 1.09. The van der Waals surface area contributed by atoms with Gasteiger partial charge in [-0.15, -0.1) is 0 Å². The third-order valence-corrected chi connectivity index (χ3v) is 3.04. The van der Waals surface area contributed by atoms with Crippen LogP contribution in [0.3, 0.4) is 0 Å². The first-order valence-corrected chi connectivity index (χ1v) is 5.08. The fraction of sp³-hybridized carbons (Fsp3) is 0.222. The van der Waals surface area contributed by atoms with Gasteiger partial charge in [-0.1, -0.05) is 0 Å². The van der Waals surface area contributed by atoms with Gasteiger partial charge < -0.3 is 4.74 Å². The Kier molecular flexibility index (Phi) is 3.61. The Morgan fingerprint density at radius 3 is 2.60 bits per heavy atom.